The lowest BCUT2D eigenvalue weighted by Crippen LogP contribution is -1.94. The first kappa shape index (κ1) is 11.9. The number of halogens is 1. The van der Waals surface area contributed by atoms with Gasteiger partial charge in [-0.05, 0) is 30.6 Å². The van der Waals surface area contributed by atoms with Gasteiger partial charge >= 0.3 is 5.69 Å². The van der Waals surface area contributed by atoms with Crippen LogP contribution in [0.1, 0.15) is 5.82 Å². The van der Waals surface area contributed by atoms with Crippen LogP contribution in [0.3, 0.4) is 0 Å². The van der Waals surface area contributed by atoms with Crippen molar-refractivity contribution >= 4 is 29.0 Å². The number of hydrogen-bond acceptors (Lipinski definition) is 6. The molecule has 0 N–H and O–H groups in total. The van der Waals surface area contributed by atoms with E-state index in [1.54, 1.807) is 6.92 Å². The van der Waals surface area contributed by atoms with Gasteiger partial charge in [0, 0.05) is 0 Å². The zero-order chi connectivity index (χ0) is 12.4. The van der Waals surface area contributed by atoms with Crippen molar-refractivity contribution in [1.29, 1.82) is 0 Å². The molecule has 1 aromatic heterocycles. The summed E-state index contributed by atoms with van der Waals surface area (Å²) in [6.45, 7) is 1.72. The highest BCUT2D eigenvalue weighted by Crippen LogP contribution is 2.36. The van der Waals surface area contributed by atoms with Gasteiger partial charge in [0.05, 0.1) is 9.82 Å². The molecular formula is C9H6FN3O2S2. The third-order valence-electron chi connectivity index (χ3n) is 1.84. The number of hydrogen-bond donors (Lipinski definition) is 0. The van der Waals surface area contributed by atoms with E-state index in [2.05, 4.69) is 9.36 Å². The number of nitrogens with zero attached hydrogens (tertiary/aromatic N) is 3. The first-order valence-corrected chi connectivity index (χ1v) is 6.08. The maximum Gasteiger partial charge on any atom is 0.318 e. The molecule has 0 aliphatic rings. The van der Waals surface area contributed by atoms with Crippen LogP contribution in [0.2, 0.25) is 0 Å². The quantitative estimate of drug-likeness (QED) is 0.634. The van der Waals surface area contributed by atoms with E-state index in [-0.39, 0.29) is 4.90 Å². The van der Waals surface area contributed by atoms with Crippen LogP contribution in [0.5, 0.6) is 0 Å². The van der Waals surface area contributed by atoms with Crippen molar-refractivity contribution in [2.24, 2.45) is 0 Å². The van der Waals surface area contributed by atoms with Gasteiger partial charge in [-0.1, -0.05) is 17.8 Å². The van der Waals surface area contributed by atoms with Crippen molar-refractivity contribution in [2.45, 2.75) is 16.2 Å². The standard InChI is InChI=1S/C9H6FN3O2S2/c1-5-11-9(17-12-5)16-7-4-2-3-6(10)8(7)13(14)15/h2-4H,1H3. The average Bonchev–Trinajstić information content (AvgIpc) is 2.63. The third-order valence-corrected chi connectivity index (χ3v) is 3.73. The Morgan fingerprint density at radius 2 is 2.29 bits per heavy atom. The van der Waals surface area contributed by atoms with E-state index in [9.17, 15) is 14.5 Å². The molecule has 0 saturated heterocycles. The maximum absolute atomic E-state index is 13.3. The summed E-state index contributed by atoms with van der Waals surface area (Å²) < 4.78 is 17.8. The van der Waals surface area contributed by atoms with Crippen molar-refractivity contribution in [3.8, 4) is 0 Å². The summed E-state index contributed by atoms with van der Waals surface area (Å²) in [5.41, 5.74) is -0.523. The summed E-state index contributed by atoms with van der Waals surface area (Å²) >= 11 is 2.17. The Labute approximate surface area is 104 Å². The lowest BCUT2D eigenvalue weighted by molar-refractivity contribution is -0.390. The molecule has 0 spiro atoms. The maximum atomic E-state index is 13.3. The van der Waals surface area contributed by atoms with Gasteiger partial charge in [-0.25, -0.2) is 4.98 Å². The highest BCUT2D eigenvalue weighted by molar-refractivity contribution is 8.01. The number of nitro groups is 1. The van der Waals surface area contributed by atoms with E-state index in [1.807, 2.05) is 0 Å². The number of rotatable bonds is 3. The summed E-state index contributed by atoms with van der Waals surface area (Å²) in [5.74, 6) is -0.252. The van der Waals surface area contributed by atoms with Crippen LogP contribution >= 0.6 is 23.3 Å². The van der Waals surface area contributed by atoms with Crippen LogP contribution < -0.4 is 0 Å². The molecule has 2 rings (SSSR count). The second-order valence-electron chi connectivity index (χ2n) is 3.05. The summed E-state index contributed by atoms with van der Waals surface area (Å²) in [6, 6.07) is 3.98. The molecule has 1 heterocycles. The Bertz CT molecular complexity index is 573. The molecule has 5 nitrogen and oxygen atoms in total. The molecule has 1 aromatic carbocycles. The van der Waals surface area contributed by atoms with Crippen LogP contribution in [0.15, 0.2) is 27.4 Å². The smallest absolute Gasteiger partial charge is 0.258 e. The predicted octanol–water partition coefficient (Wildman–Crippen LogP) is 3.05. The van der Waals surface area contributed by atoms with Crippen LogP contribution in [0, 0.1) is 22.9 Å². The minimum absolute atomic E-state index is 0.228. The molecule has 0 amide bonds. The Hall–Kier alpha value is -1.54. The number of para-hydroxylation sites is 1. The van der Waals surface area contributed by atoms with E-state index in [4.69, 9.17) is 0 Å². The van der Waals surface area contributed by atoms with Crippen LogP contribution in [0.25, 0.3) is 0 Å². The molecule has 0 fully saturated rings. The van der Waals surface area contributed by atoms with E-state index >= 15 is 0 Å². The minimum Gasteiger partial charge on any atom is -0.258 e. The summed E-state index contributed by atoms with van der Waals surface area (Å²) in [4.78, 5) is 14.3. The van der Waals surface area contributed by atoms with Gasteiger partial charge in [0.2, 0.25) is 5.82 Å². The SMILES string of the molecule is Cc1nsc(Sc2cccc(F)c2[N+](=O)[O-])n1. The first-order chi connectivity index (χ1) is 8.08. The topological polar surface area (TPSA) is 68.9 Å². The summed E-state index contributed by atoms with van der Waals surface area (Å²) in [6.07, 6.45) is 0. The molecule has 0 atom stereocenters. The lowest BCUT2D eigenvalue weighted by atomic mass is 10.3. The molecule has 0 radical (unpaired) electrons. The van der Waals surface area contributed by atoms with Gasteiger partial charge < -0.3 is 0 Å². The van der Waals surface area contributed by atoms with Gasteiger partial charge in [0.1, 0.15) is 5.82 Å². The molecule has 8 heteroatoms. The zero-order valence-corrected chi connectivity index (χ0v) is 10.2. The van der Waals surface area contributed by atoms with E-state index in [0.29, 0.717) is 10.2 Å². The van der Waals surface area contributed by atoms with Crippen molar-refractivity contribution in [2.75, 3.05) is 0 Å². The fourth-order valence-electron chi connectivity index (χ4n) is 1.17. The zero-order valence-electron chi connectivity index (χ0n) is 8.58. The van der Waals surface area contributed by atoms with Crippen LogP contribution in [0.4, 0.5) is 10.1 Å². The molecule has 0 saturated carbocycles. The number of aromatic nitrogens is 2. The van der Waals surface area contributed by atoms with Crippen LogP contribution in [-0.2, 0) is 0 Å². The normalized spacial score (nSPS) is 10.5. The molecule has 2 aromatic rings. The fourth-order valence-corrected chi connectivity index (χ4v) is 2.90. The molecular weight excluding hydrogens is 265 g/mol. The number of nitro benzene ring substituents is 1. The Morgan fingerprint density at radius 1 is 1.53 bits per heavy atom. The fraction of sp³-hybridized carbons (Fsp3) is 0.111. The Kier molecular flexibility index (Phi) is 3.34. The molecule has 0 bridgehead atoms. The van der Waals surface area contributed by atoms with Crippen LogP contribution in [-0.4, -0.2) is 14.3 Å². The lowest BCUT2D eigenvalue weighted by Gasteiger charge is -2.00. The Balaban J connectivity index is 2.39. The monoisotopic (exact) mass is 271 g/mol. The van der Waals surface area contributed by atoms with E-state index in [0.717, 1.165) is 29.4 Å². The predicted molar refractivity (Wildman–Crippen MR) is 61.8 cm³/mol. The average molecular weight is 271 g/mol. The number of aryl methyl sites for hydroxylation is 1. The molecule has 0 unspecified atom stereocenters. The highest BCUT2D eigenvalue weighted by Gasteiger charge is 2.21. The third kappa shape index (κ3) is 2.59. The van der Waals surface area contributed by atoms with Gasteiger partial charge in [-0.15, -0.1) is 0 Å². The van der Waals surface area contributed by atoms with Crippen molar-refractivity contribution in [3.05, 3.63) is 40.0 Å². The van der Waals surface area contributed by atoms with E-state index in [1.165, 1.54) is 12.1 Å². The molecule has 0 aliphatic heterocycles. The largest absolute Gasteiger partial charge is 0.318 e. The van der Waals surface area contributed by atoms with Crippen molar-refractivity contribution in [3.63, 3.8) is 0 Å². The second kappa shape index (κ2) is 4.76. The minimum atomic E-state index is -0.846. The molecule has 17 heavy (non-hydrogen) atoms. The van der Waals surface area contributed by atoms with Gasteiger partial charge in [-0.2, -0.15) is 8.76 Å². The highest BCUT2D eigenvalue weighted by atomic mass is 32.2. The Morgan fingerprint density at radius 3 is 2.88 bits per heavy atom. The van der Waals surface area contributed by atoms with E-state index < -0.39 is 16.4 Å². The molecule has 0 aliphatic carbocycles. The summed E-state index contributed by atoms with van der Waals surface area (Å²) in [5, 5.41) is 10.8. The van der Waals surface area contributed by atoms with Gasteiger partial charge in [0.15, 0.2) is 4.34 Å². The molecule has 88 valence electrons. The van der Waals surface area contributed by atoms with Crippen molar-refractivity contribution < 1.29 is 9.31 Å². The van der Waals surface area contributed by atoms with Gasteiger partial charge in [0.25, 0.3) is 0 Å². The summed E-state index contributed by atoms with van der Waals surface area (Å²) in [7, 11) is 0. The number of benzene rings is 1. The second-order valence-corrected chi connectivity index (χ2v) is 5.09. The van der Waals surface area contributed by atoms with Gasteiger partial charge in [-0.3, -0.25) is 10.1 Å². The van der Waals surface area contributed by atoms with Crippen molar-refractivity contribution in [1.82, 2.24) is 9.36 Å². The first-order valence-electron chi connectivity index (χ1n) is 4.49.